The molecule has 0 unspecified atom stereocenters. The van der Waals surface area contributed by atoms with Gasteiger partial charge in [-0.25, -0.2) is 0 Å². The van der Waals surface area contributed by atoms with Gasteiger partial charge in [0.05, 0.1) is 6.61 Å². The molecule has 0 amide bonds. The molecule has 0 rings (SSSR count). The molecule has 2 nitrogen and oxygen atoms in total. The molecule has 0 bridgehead atoms. The molecule has 0 fully saturated rings. The van der Waals surface area contributed by atoms with E-state index in [0.717, 1.165) is 6.26 Å². The van der Waals surface area contributed by atoms with Gasteiger partial charge in [-0.2, -0.15) is 0 Å². The predicted molar refractivity (Wildman–Crippen MR) is 37.7 cm³/mol. The molecule has 0 saturated heterocycles. The quantitative estimate of drug-likeness (QED) is 0.540. The minimum Gasteiger partial charge on any atom is -0.496 e. The van der Waals surface area contributed by atoms with Crippen molar-refractivity contribution in [3.63, 3.8) is 0 Å². The minimum absolute atomic E-state index is 0.165. The highest BCUT2D eigenvalue weighted by Gasteiger charge is 2.28. The molecule has 0 aliphatic carbocycles. The van der Waals surface area contributed by atoms with E-state index in [9.17, 15) is 13.2 Å². The fourth-order valence-corrected chi connectivity index (χ4v) is 0.453. The number of hydrogen-bond acceptors (Lipinski definition) is 2. The zero-order chi connectivity index (χ0) is 9.61. The number of alkyl halides is 3. The molecule has 0 radical (unpaired) electrons. The Labute approximate surface area is 76.8 Å². The molecule has 0 spiro atoms. The Kier molecular flexibility index (Phi) is 5.44. The van der Waals surface area contributed by atoms with Crippen molar-refractivity contribution in [1.29, 1.82) is 0 Å². The van der Waals surface area contributed by atoms with E-state index in [1.54, 1.807) is 0 Å². The van der Waals surface area contributed by atoms with E-state index in [2.05, 4.69) is 9.47 Å². The lowest BCUT2D eigenvalue weighted by molar-refractivity contribution is -0.326. The van der Waals surface area contributed by atoms with Gasteiger partial charge < -0.3 is 4.74 Å². The monoisotopic (exact) mass is 224 g/mol. The van der Waals surface area contributed by atoms with Gasteiger partial charge in [0.15, 0.2) is 0 Å². The van der Waals surface area contributed by atoms with Crippen molar-refractivity contribution in [3.05, 3.63) is 10.8 Å². The number of hydrogen-bond donors (Lipinski definition) is 0. The molecular formula is C5H5Cl2F3O2. The SMILES string of the molecule is FC(F)(F)OCCOC=C(Cl)Cl. The Bertz CT molecular complexity index is 153. The summed E-state index contributed by atoms with van der Waals surface area (Å²) in [7, 11) is 0. The first-order valence-corrected chi connectivity index (χ1v) is 3.51. The van der Waals surface area contributed by atoms with Gasteiger partial charge in [-0.05, 0) is 0 Å². The maximum atomic E-state index is 11.3. The van der Waals surface area contributed by atoms with Gasteiger partial charge in [0.2, 0.25) is 0 Å². The van der Waals surface area contributed by atoms with Crippen LogP contribution in [0.1, 0.15) is 0 Å². The second-order valence-corrected chi connectivity index (χ2v) is 2.58. The maximum absolute atomic E-state index is 11.3. The van der Waals surface area contributed by atoms with Crippen LogP contribution in [0.25, 0.3) is 0 Å². The molecule has 0 aliphatic heterocycles. The Hall–Kier alpha value is -0.130. The molecule has 0 atom stereocenters. The summed E-state index contributed by atoms with van der Waals surface area (Å²) < 4.78 is 41.5. The van der Waals surface area contributed by atoms with Crippen LogP contribution in [0.4, 0.5) is 13.2 Å². The molecule has 0 saturated carbocycles. The van der Waals surface area contributed by atoms with Crippen molar-refractivity contribution < 1.29 is 22.6 Å². The van der Waals surface area contributed by atoms with Crippen LogP contribution in [0.5, 0.6) is 0 Å². The maximum Gasteiger partial charge on any atom is 0.522 e. The van der Waals surface area contributed by atoms with Gasteiger partial charge in [-0.1, -0.05) is 23.2 Å². The van der Waals surface area contributed by atoms with Crippen LogP contribution in [-0.2, 0) is 9.47 Å². The molecular weight excluding hydrogens is 220 g/mol. The van der Waals surface area contributed by atoms with E-state index >= 15 is 0 Å². The summed E-state index contributed by atoms with van der Waals surface area (Å²) in [5.74, 6) is 0. The Morgan fingerprint density at radius 2 is 1.83 bits per heavy atom. The van der Waals surface area contributed by atoms with Crippen LogP contribution in [-0.4, -0.2) is 19.6 Å². The van der Waals surface area contributed by atoms with E-state index < -0.39 is 13.0 Å². The lowest BCUT2D eigenvalue weighted by atomic mass is 10.8. The third-order valence-electron chi connectivity index (χ3n) is 0.639. The highest BCUT2D eigenvalue weighted by molar-refractivity contribution is 6.55. The summed E-state index contributed by atoms with van der Waals surface area (Å²) in [5, 5.41) is 0. The number of rotatable bonds is 4. The van der Waals surface area contributed by atoms with Crippen molar-refractivity contribution in [2.75, 3.05) is 13.2 Å². The van der Waals surface area contributed by atoms with Crippen LogP contribution in [0.3, 0.4) is 0 Å². The van der Waals surface area contributed by atoms with Gasteiger partial charge in [-0.3, -0.25) is 4.74 Å². The van der Waals surface area contributed by atoms with Crippen molar-refractivity contribution in [2.24, 2.45) is 0 Å². The highest BCUT2D eigenvalue weighted by atomic mass is 35.5. The summed E-state index contributed by atoms with van der Waals surface area (Å²) in [6, 6.07) is 0. The largest absolute Gasteiger partial charge is 0.522 e. The van der Waals surface area contributed by atoms with Crippen LogP contribution < -0.4 is 0 Å². The molecule has 0 heterocycles. The third kappa shape index (κ3) is 9.87. The molecule has 7 heteroatoms. The summed E-state index contributed by atoms with van der Waals surface area (Å²) in [5.41, 5.74) is 0. The van der Waals surface area contributed by atoms with Gasteiger partial charge in [0.1, 0.15) is 17.4 Å². The first kappa shape index (κ1) is 11.9. The fourth-order valence-electron chi connectivity index (χ4n) is 0.327. The normalized spacial score (nSPS) is 11.1. The lowest BCUT2D eigenvalue weighted by Crippen LogP contribution is -2.16. The Balaban J connectivity index is 3.29. The summed E-state index contributed by atoms with van der Waals surface area (Å²) in [6.45, 7) is -0.858. The van der Waals surface area contributed by atoms with E-state index in [0.29, 0.717) is 0 Å². The van der Waals surface area contributed by atoms with Gasteiger partial charge >= 0.3 is 6.36 Å². The first-order chi connectivity index (χ1) is 5.42. The van der Waals surface area contributed by atoms with Crippen molar-refractivity contribution in [1.82, 2.24) is 0 Å². The number of halogens is 5. The molecule has 0 aromatic carbocycles. The Morgan fingerprint density at radius 1 is 1.25 bits per heavy atom. The van der Waals surface area contributed by atoms with E-state index in [1.807, 2.05) is 0 Å². The van der Waals surface area contributed by atoms with Crippen LogP contribution in [0.2, 0.25) is 0 Å². The summed E-state index contributed by atoms with van der Waals surface area (Å²) >= 11 is 10.2. The summed E-state index contributed by atoms with van der Waals surface area (Å²) in [6.07, 6.45) is -3.71. The average Bonchev–Trinajstić information content (AvgIpc) is 1.83. The van der Waals surface area contributed by atoms with Gasteiger partial charge in [-0.15, -0.1) is 13.2 Å². The molecule has 0 aromatic heterocycles. The van der Waals surface area contributed by atoms with Gasteiger partial charge in [0, 0.05) is 0 Å². The molecule has 0 aromatic rings. The van der Waals surface area contributed by atoms with Crippen LogP contribution in [0.15, 0.2) is 10.8 Å². The van der Waals surface area contributed by atoms with Crippen molar-refractivity contribution in [2.45, 2.75) is 6.36 Å². The average molecular weight is 225 g/mol. The van der Waals surface area contributed by atoms with Gasteiger partial charge in [0.25, 0.3) is 0 Å². The van der Waals surface area contributed by atoms with E-state index in [4.69, 9.17) is 23.2 Å². The standard InChI is InChI=1S/C5H5Cl2F3O2/c6-4(7)3-11-1-2-12-5(8,9)10/h3H,1-2H2. The smallest absolute Gasteiger partial charge is 0.496 e. The predicted octanol–water partition coefficient (Wildman–Crippen LogP) is 2.82. The number of ether oxygens (including phenoxy) is 2. The second-order valence-electron chi connectivity index (χ2n) is 1.57. The topological polar surface area (TPSA) is 18.5 Å². The minimum atomic E-state index is -4.63. The Morgan fingerprint density at radius 3 is 2.25 bits per heavy atom. The molecule has 12 heavy (non-hydrogen) atoms. The van der Waals surface area contributed by atoms with Crippen molar-refractivity contribution in [3.8, 4) is 0 Å². The highest BCUT2D eigenvalue weighted by Crippen LogP contribution is 2.15. The van der Waals surface area contributed by atoms with Crippen LogP contribution in [0, 0.1) is 0 Å². The molecule has 0 N–H and O–H groups in total. The molecule has 72 valence electrons. The molecule has 0 aliphatic rings. The van der Waals surface area contributed by atoms with E-state index in [1.165, 1.54) is 0 Å². The second kappa shape index (κ2) is 5.50. The van der Waals surface area contributed by atoms with E-state index in [-0.39, 0.29) is 11.1 Å². The fraction of sp³-hybridized carbons (Fsp3) is 0.600. The zero-order valence-electron chi connectivity index (χ0n) is 5.70. The zero-order valence-corrected chi connectivity index (χ0v) is 7.21. The first-order valence-electron chi connectivity index (χ1n) is 2.75. The van der Waals surface area contributed by atoms with Crippen LogP contribution >= 0.6 is 23.2 Å². The third-order valence-corrected chi connectivity index (χ3v) is 0.818. The summed E-state index contributed by atoms with van der Waals surface area (Å²) in [4.78, 5) is 0. The lowest BCUT2D eigenvalue weighted by Gasteiger charge is -2.06. The van der Waals surface area contributed by atoms with Crippen molar-refractivity contribution >= 4 is 23.2 Å².